The van der Waals surface area contributed by atoms with Crippen LogP contribution in [0.5, 0.6) is 0 Å². The summed E-state index contributed by atoms with van der Waals surface area (Å²) in [5.41, 5.74) is 3.03. The Hall–Kier alpha value is -3.21. The zero-order chi connectivity index (χ0) is 18.5. The molecule has 2 amide bonds. The van der Waals surface area contributed by atoms with Crippen LogP contribution in [0, 0.1) is 12.7 Å². The van der Waals surface area contributed by atoms with Gasteiger partial charge in [0.25, 0.3) is 0 Å². The molecule has 5 heteroatoms. The molecule has 4 nitrogen and oxygen atoms in total. The molecule has 1 N–H and O–H groups in total. The highest BCUT2D eigenvalue weighted by Crippen LogP contribution is 2.27. The number of anilines is 1. The molecule has 2 aromatic carbocycles. The molecular weight excluding hydrogens is 329 g/mol. The highest BCUT2D eigenvalue weighted by atomic mass is 19.1. The van der Waals surface area contributed by atoms with Gasteiger partial charge in [-0.15, -0.1) is 0 Å². The summed E-state index contributed by atoms with van der Waals surface area (Å²) in [5.74, 6) is -0.351. The number of halogens is 1. The molecule has 1 heterocycles. The zero-order valence-corrected chi connectivity index (χ0v) is 14.7. The number of hydrogen-bond acceptors (Lipinski definition) is 2. The smallest absolute Gasteiger partial charge is 0.315 e. The maximum absolute atomic E-state index is 13.8. The second-order valence-corrected chi connectivity index (χ2v) is 6.07. The third-order valence-electron chi connectivity index (χ3n) is 4.23. The summed E-state index contributed by atoms with van der Waals surface area (Å²) in [7, 11) is 1.68. The summed E-state index contributed by atoms with van der Waals surface area (Å²) in [6, 6.07) is 18.5. The Bertz CT molecular complexity index is 899. The Morgan fingerprint density at radius 3 is 2.54 bits per heavy atom. The van der Waals surface area contributed by atoms with Crippen LogP contribution in [0.15, 0.2) is 72.9 Å². The normalized spacial score (nSPS) is 11.7. The largest absolute Gasteiger partial charge is 0.322 e. The highest BCUT2D eigenvalue weighted by Gasteiger charge is 2.25. The van der Waals surface area contributed by atoms with Gasteiger partial charge >= 0.3 is 6.03 Å². The first-order valence-corrected chi connectivity index (χ1v) is 8.32. The predicted octanol–water partition coefficient (Wildman–Crippen LogP) is 4.78. The van der Waals surface area contributed by atoms with Crippen molar-refractivity contribution in [2.75, 3.05) is 12.4 Å². The predicted molar refractivity (Wildman–Crippen MR) is 100 cm³/mol. The van der Waals surface area contributed by atoms with E-state index in [-0.39, 0.29) is 11.8 Å². The van der Waals surface area contributed by atoms with Gasteiger partial charge in [0.15, 0.2) is 0 Å². The monoisotopic (exact) mass is 349 g/mol. The minimum absolute atomic E-state index is 0.292. The summed E-state index contributed by atoms with van der Waals surface area (Å²) >= 11 is 0. The molecule has 0 aliphatic heterocycles. The van der Waals surface area contributed by atoms with Crippen molar-refractivity contribution in [1.82, 2.24) is 9.88 Å². The van der Waals surface area contributed by atoms with E-state index < -0.39 is 6.04 Å². The number of carbonyl (C=O) groups excluding carboxylic acids is 1. The number of amides is 2. The van der Waals surface area contributed by atoms with Crippen molar-refractivity contribution in [2.24, 2.45) is 0 Å². The van der Waals surface area contributed by atoms with E-state index in [2.05, 4.69) is 10.3 Å². The summed E-state index contributed by atoms with van der Waals surface area (Å²) in [5, 5.41) is 2.91. The van der Waals surface area contributed by atoms with Gasteiger partial charge in [-0.2, -0.15) is 0 Å². The third kappa shape index (κ3) is 3.88. The molecule has 3 aromatic rings. The van der Waals surface area contributed by atoms with Gasteiger partial charge in [-0.3, -0.25) is 4.98 Å². The van der Waals surface area contributed by atoms with Gasteiger partial charge < -0.3 is 10.2 Å². The quantitative estimate of drug-likeness (QED) is 0.736. The van der Waals surface area contributed by atoms with Crippen molar-refractivity contribution in [1.29, 1.82) is 0 Å². The van der Waals surface area contributed by atoms with Crippen molar-refractivity contribution >= 4 is 11.7 Å². The van der Waals surface area contributed by atoms with Crippen LogP contribution >= 0.6 is 0 Å². The average Bonchev–Trinajstić information content (AvgIpc) is 2.65. The van der Waals surface area contributed by atoms with Crippen LogP contribution in [0.2, 0.25) is 0 Å². The molecule has 1 atom stereocenters. The van der Waals surface area contributed by atoms with Crippen molar-refractivity contribution in [3.05, 3.63) is 95.6 Å². The van der Waals surface area contributed by atoms with Gasteiger partial charge in [-0.05, 0) is 48.4 Å². The van der Waals surface area contributed by atoms with Crippen molar-refractivity contribution < 1.29 is 9.18 Å². The second-order valence-electron chi connectivity index (χ2n) is 6.07. The van der Waals surface area contributed by atoms with Crippen LogP contribution in [-0.4, -0.2) is 23.0 Å². The molecule has 0 bridgehead atoms. The van der Waals surface area contributed by atoms with E-state index in [4.69, 9.17) is 0 Å². The van der Waals surface area contributed by atoms with E-state index in [9.17, 15) is 9.18 Å². The molecule has 132 valence electrons. The molecule has 0 fully saturated rings. The first-order chi connectivity index (χ1) is 12.6. The lowest BCUT2D eigenvalue weighted by molar-refractivity contribution is 0.211. The third-order valence-corrected chi connectivity index (χ3v) is 4.23. The van der Waals surface area contributed by atoms with Crippen LogP contribution in [0.1, 0.15) is 22.9 Å². The molecule has 1 unspecified atom stereocenters. The van der Waals surface area contributed by atoms with Crippen molar-refractivity contribution in [3.8, 4) is 0 Å². The molecule has 1 aromatic heterocycles. The van der Waals surface area contributed by atoms with E-state index in [0.717, 1.165) is 11.3 Å². The van der Waals surface area contributed by atoms with Gasteiger partial charge in [0.1, 0.15) is 11.9 Å². The number of nitrogens with one attached hydrogen (secondary N) is 1. The summed E-state index contributed by atoms with van der Waals surface area (Å²) in [4.78, 5) is 18.7. The maximum atomic E-state index is 13.8. The number of benzene rings is 2. The molecular formula is C21H20FN3O. The average molecular weight is 349 g/mol. The summed E-state index contributed by atoms with van der Waals surface area (Å²) in [6.45, 7) is 1.93. The molecule has 0 aliphatic rings. The number of carbonyl (C=O) groups is 1. The van der Waals surface area contributed by atoms with Crippen LogP contribution in [0.3, 0.4) is 0 Å². The summed E-state index contributed by atoms with van der Waals surface area (Å²) < 4.78 is 13.8. The Balaban J connectivity index is 1.93. The van der Waals surface area contributed by atoms with Gasteiger partial charge in [-0.1, -0.05) is 36.4 Å². The van der Waals surface area contributed by atoms with E-state index in [1.807, 2.05) is 43.3 Å². The lowest BCUT2D eigenvalue weighted by Crippen LogP contribution is -2.36. The van der Waals surface area contributed by atoms with Crippen LogP contribution in [0.4, 0.5) is 14.9 Å². The fourth-order valence-electron chi connectivity index (χ4n) is 2.84. The number of aromatic nitrogens is 1. The lowest BCUT2D eigenvalue weighted by Gasteiger charge is -2.28. The minimum Gasteiger partial charge on any atom is -0.315 e. The molecule has 0 saturated heterocycles. The first-order valence-electron chi connectivity index (χ1n) is 8.32. The van der Waals surface area contributed by atoms with E-state index >= 15 is 0 Å². The second kappa shape index (κ2) is 7.78. The van der Waals surface area contributed by atoms with Crippen LogP contribution in [0.25, 0.3) is 0 Å². The Labute approximate surface area is 152 Å². The zero-order valence-electron chi connectivity index (χ0n) is 14.7. The number of aryl methyl sites for hydroxylation is 1. The SMILES string of the molecule is Cc1ccccc1NC(=O)N(C)C(c1cccc(F)c1)c1ccccn1. The number of hydrogen-bond donors (Lipinski definition) is 1. The van der Waals surface area contributed by atoms with Crippen LogP contribution in [-0.2, 0) is 0 Å². The van der Waals surface area contributed by atoms with Gasteiger partial charge in [0, 0.05) is 18.9 Å². The van der Waals surface area contributed by atoms with Crippen molar-refractivity contribution in [3.63, 3.8) is 0 Å². The number of urea groups is 1. The fourth-order valence-corrected chi connectivity index (χ4v) is 2.84. The lowest BCUT2D eigenvalue weighted by atomic mass is 10.0. The van der Waals surface area contributed by atoms with Gasteiger partial charge in [-0.25, -0.2) is 9.18 Å². The maximum Gasteiger partial charge on any atom is 0.322 e. The fraction of sp³-hybridized carbons (Fsp3) is 0.143. The first kappa shape index (κ1) is 17.6. The van der Waals surface area contributed by atoms with Crippen LogP contribution < -0.4 is 5.32 Å². The number of rotatable bonds is 4. The Kier molecular flexibility index (Phi) is 5.27. The molecule has 26 heavy (non-hydrogen) atoms. The molecule has 0 aliphatic carbocycles. The molecule has 0 radical (unpaired) electrons. The summed E-state index contributed by atoms with van der Waals surface area (Å²) in [6.07, 6.45) is 1.66. The van der Waals surface area contributed by atoms with Gasteiger partial charge in [0.2, 0.25) is 0 Å². The Morgan fingerprint density at radius 2 is 1.85 bits per heavy atom. The number of pyridine rings is 1. The molecule has 3 rings (SSSR count). The topological polar surface area (TPSA) is 45.2 Å². The van der Waals surface area contributed by atoms with E-state index in [1.54, 1.807) is 31.4 Å². The molecule has 0 spiro atoms. The van der Waals surface area contributed by atoms with E-state index in [1.165, 1.54) is 17.0 Å². The van der Waals surface area contributed by atoms with Crippen molar-refractivity contribution in [2.45, 2.75) is 13.0 Å². The molecule has 0 saturated carbocycles. The number of nitrogens with zero attached hydrogens (tertiary/aromatic N) is 2. The Morgan fingerprint density at radius 1 is 1.08 bits per heavy atom. The minimum atomic E-state index is -0.504. The standard InChI is InChI=1S/C21H20FN3O/c1-15-8-3-4-11-18(15)24-21(26)25(2)20(19-12-5-6-13-23-19)16-9-7-10-17(22)14-16/h3-14,20H,1-2H3,(H,24,26). The van der Waals surface area contributed by atoms with E-state index in [0.29, 0.717) is 11.3 Å². The highest BCUT2D eigenvalue weighted by molar-refractivity contribution is 5.90. The van der Waals surface area contributed by atoms with Gasteiger partial charge in [0.05, 0.1) is 5.69 Å². The number of para-hydroxylation sites is 1.